The largest absolute Gasteiger partial charge is 0.481 e. The fraction of sp³-hybridized carbons (Fsp3) is 0.650. The Bertz CT molecular complexity index is 346. The zero-order chi connectivity index (χ0) is 17.0. The van der Waals surface area contributed by atoms with Gasteiger partial charge in [0, 0.05) is 0 Å². The lowest BCUT2D eigenvalue weighted by Gasteiger charge is -1.98. The van der Waals surface area contributed by atoms with Gasteiger partial charge >= 0.3 is 5.97 Å². The van der Waals surface area contributed by atoms with E-state index >= 15 is 0 Å². The summed E-state index contributed by atoms with van der Waals surface area (Å²) < 4.78 is 0. The van der Waals surface area contributed by atoms with Gasteiger partial charge in [0.25, 0.3) is 0 Å². The lowest BCUT2D eigenvalue weighted by Crippen LogP contribution is -1.98. The van der Waals surface area contributed by atoms with Gasteiger partial charge < -0.3 is 5.11 Å². The second kappa shape index (κ2) is 19.1. The van der Waals surface area contributed by atoms with Crippen LogP contribution in [0.5, 0.6) is 0 Å². The van der Waals surface area contributed by atoms with Crippen LogP contribution in [0.2, 0.25) is 0 Å². The molecule has 0 unspecified atom stereocenters. The van der Waals surface area contributed by atoms with Crippen molar-refractivity contribution in [3.63, 3.8) is 0 Å². The number of thioether (sulfide) groups is 1. The molecule has 0 amide bonds. The molecule has 2 nitrogen and oxygen atoms in total. The summed E-state index contributed by atoms with van der Waals surface area (Å²) in [6.07, 6.45) is 25.4. The average molecular weight is 339 g/mol. The summed E-state index contributed by atoms with van der Waals surface area (Å²) >= 11 is 1.52. The predicted molar refractivity (Wildman–Crippen MR) is 104 cm³/mol. The number of aliphatic carboxylic acids is 1. The maximum atomic E-state index is 10.3. The Labute approximate surface area is 147 Å². The summed E-state index contributed by atoms with van der Waals surface area (Å²) in [6.45, 7) is 2.24. The summed E-state index contributed by atoms with van der Waals surface area (Å²) in [5, 5.41) is 8.51. The third-order valence-corrected chi connectivity index (χ3v) is 4.43. The molecule has 0 aliphatic carbocycles. The molecule has 0 aromatic carbocycles. The first kappa shape index (κ1) is 22.0. The van der Waals surface area contributed by atoms with E-state index in [4.69, 9.17) is 5.11 Å². The molecule has 1 N–H and O–H groups in total. The quantitative estimate of drug-likeness (QED) is 0.261. The zero-order valence-electron chi connectivity index (χ0n) is 14.7. The van der Waals surface area contributed by atoms with Gasteiger partial charge in [-0.3, -0.25) is 4.79 Å². The van der Waals surface area contributed by atoms with Crippen LogP contribution in [0.4, 0.5) is 0 Å². The second-order valence-corrected chi connectivity index (χ2v) is 6.78. The maximum Gasteiger partial charge on any atom is 0.313 e. The fourth-order valence-electron chi connectivity index (χ4n) is 2.09. The molecular formula is C20H34O2S. The Morgan fingerprint density at radius 3 is 1.96 bits per heavy atom. The second-order valence-electron chi connectivity index (χ2n) is 5.68. The minimum atomic E-state index is -0.710. The van der Waals surface area contributed by atoms with Gasteiger partial charge in [0.1, 0.15) is 0 Å². The Balaban J connectivity index is 3.27. The van der Waals surface area contributed by atoms with E-state index in [1.165, 1.54) is 50.3 Å². The molecule has 0 rings (SSSR count). The van der Waals surface area contributed by atoms with Crippen molar-refractivity contribution in [1.29, 1.82) is 0 Å². The van der Waals surface area contributed by atoms with Gasteiger partial charge in [-0.1, -0.05) is 62.6 Å². The molecule has 0 saturated heterocycles. The molecule has 0 fully saturated rings. The zero-order valence-corrected chi connectivity index (χ0v) is 15.5. The molecule has 0 aromatic heterocycles. The highest BCUT2D eigenvalue weighted by Crippen LogP contribution is 2.08. The topological polar surface area (TPSA) is 37.3 Å². The van der Waals surface area contributed by atoms with Crippen LogP contribution >= 0.6 is 11.8 Å². The number of carbonyl (C=O) groups is 1. The summed E-state index contributed by atoms with van der Waals surface area (Å²) in [5.41, 5.74) is 0. The Morgan fingerprint density at radius 2 is 1.39 bits per heavy atom. The third-order valence-electron chi connectivity index (χ3n) is 3.40. The Morgan fingerprint density at radius 1 is 0.826 bits per heavy atom. The van der Waals surface area contributed by atoms with Gasteiger partial charge in [-0.15, -0.1) is 0 Å². The van der Waals surface area contributed by atoms with E-state index in [0.717, 1.165) is 31.4 Å². The van der Waals surface area contributed by atoms with Crippen molar-refractivity contribution >= 4 is 17.7 Å². The van der Waals surface area contributed by atoms with Crippen molar-refractivity contribution in [2.75, 3.05) is 11.5 Å². The van der Waals surface area contributed by atoms with E-state index in [0.29, 0.717) is 0 Å². The molecule has 0 saturated carbocycles. The van der Waals surface area contributed by atoms with Crippen LogP contribution in [-0.4, -0.2) is 22.6 Å². The highest BCUT2D eigenvalue weighted by molar-refractivity contribution is 7.99. The molecule has 0 bridgehead atoms. The summed E-state index contributed by atoms with van der Waals surface area (Å²) in [6, 6.07) is 0. The Hall–Kier alpha value is -0.960. The van der Waals surface area contributed by atoms with Crippen LogP contribution in [-0.2, 0) is 4.79 Å². The van der Waals surface area contributed by atoms with Crippen molar-refractivity contribution in [2.24, 2.45) is 0 Å². The van der Waals surface area contributed by atoms with E-state index in [1.807, 2.05) is 0 Å². The SMILES string of the molecule is CCCCC/C=C\C/C=C\C/C=C\CCCCCSCC(=O)O. The molecule has 0 aliphatic heterocycles. The number of rotatable bonds is 16. The van der Waals surface area contributed by atoms with Crippen LogP contribution in [0.1, 0.15) is 71.1 Å². The van der Waals surface area contributed by atoms with Crippen LogP contribution in [0.25, 0.3) is 0 Å². The lowest BCUT2D eigenvalue weighted by atomic mass is 10.2. The average Bonchev–Trinajstić information content (AvgIpc) is 2.53. The number of allylic oxidation sites excluding steroid dienone is 6. The molecule has 132 valence electrons. The van der Waals surface area contributed by atoms with Crippen LogP contribution in [0, 0.1) is 0 Å². The van der Waals surface area contributed by atoms with Crippen molar-refractivity contribution in [1.82, 2.24) is 0 Å². The molecule has 0 radical (unpaired) electrons. The van der Waals surface area contributed by atoms with E-state index in [2.05, 4.69) is 43.4 Å². The highest BCUT2D eigenvalue weighted by atomic mass is 32.2. The minimum Gasteiger partial charge on any atom is -0.481 e. The highest BCUT2D eigenvalue weighted by Gasteiger charge is 1.95. The minimum absolute atomic E-state index is 0.236. The molecule has 0 atom stereocenters. The van der Waals surface area contributed by atoms with Crippen LogP contribution < -0.4 is 0 Å². The van der Waals surface area contributed by atoms with E-state index < -0.39 is 5.97 Å². The summed E-state index contributed by atoms with van der Waals surface area (Å²) in [7, 11) is 0. The third kappa shape index (κ3) is 21.0. The van der Waals surface area contributed by atoms with Crippen LogP contribution in [0.15, 0.2) is 36.5 Å². The lowest BCUT2D eigenvalue weighted by molar-refractivity contribution is -0.133. The van der Waals surface area contributed by atoms with E-state index in [1.54, 1.807) is 0 Å². The standard InChI is InChI=1S/C20H34O2S/c1-2-3-4-5-6-7-8-9-10-11-12-13-14-15-16-17-18-23-19-20(21)22/h6-7,9-10,12-13H,2-5,8,11,14-19H2,1H3,(H,21,22)/b7-6-,10-9-,13-12-. The van der Waals surface area contributed by atoms with E-state index in [-0.39, 0.29) is 5.75 Å². The maximum absolute atomic E-state index is 10.3. The van der Waals surface area contributed by atoms with Gasteiger partial charge in [-0.05, 0) is 50.7 Å². The number of hydrogen-bond acceptors (Lipinski definition) is 2. The van der Waals surface area contributed by atoms with Gasteiger partial charge in [0.15, 0.2) is 0 Å². The summed E-state index contributed by atoms with van der Waals surface area (Å²) in [5.74, 6) is 0.489. The number of hydrogen-bond donors (Lipinski definition) is 1. The molecule has 0 aromatic rings. The van der Waals surface area contributed by atoms with Gasteiger partial charge in [-0.25, -0.2) is 0 Å². The first-order valence-electron chi connectivity index (χ1n) is 9.02. The number of carboxylic acids is 1. The van der Waals surface area contributed by atoms with Crippen molar-refractivity contribution in [2.45, 2.75) is 71.1 Å². The van der Waals surface area contributed by atoms with E-state index in [9.17, 15) is 4.79 Å². The van der Waals surface area contributed by atoms with Crippen molar-refractivity contribution in [3.05, 3.63) is 36.5 Å². The smallest absolute Gasteiger partial charge is 0.313 e. The normalized spacial score (nSPS) is 12.0. The molecular weight excluding hydrogens is 304 g/mol. The summed E-state index contributed by atoms with van der Waals surface area (Å²) in [4.78, 5) is 10.3. The van der Waals surface area contributed by atoms with Gasteiger partial charge in [-0.2, -0.15) is 11.8 Å². The van der Waals surface area contributed by atoms with Crippen molar-refractivity contribution < 1.29 is 9.90 Å². The number of unbranched alkanes of at least 4 members (excludes halogenated alkanes) is 6. The van der Waals surface area contributed by atoms with Crippen LogP contribution in [0.3, 0.4) is 0 Å². The molecule has 3 heteroatoms. The van der Waals surface area contributed by atoms with Gasteiger partial charge in [0.05, 0.1) is 5.75 Å². The predicted octanol–water partition coefficient (Wildman–Crippen LogP) is 6.39. The van der Waals surface area contributed by atoms with Crippen molar-refractivity contribution in [3.8, 4) is 0 Å². The molecule has 23 heavy (non-hydrogen) atoms. The molecule has 0 heterocycles. The monoisotopic (exact) mass is 338 g/mol. The first-order chi connectivity index (χ1) is 11.3. The molecule has 0 spiro atoms. The van der Waals surface area contributed by atoms with Gasteiger partial charge in [0.2, 0.25) is 0 Å². The molecule has 0 aliphatic rings. The number of carboxylic acid groups (broad SMARTS) is 1. The first-order valence-corrected chi connectivity index (χ1v) is 10.2. The fourth-order valence-corrected chi connectivity index (χ4v) is 2.82. The Kier molecular flexibility index (Phi) is 18.3.